The van der Waals surface area contributed by atoms with E-state index in [0.717, 1.165) is 6.42 Å². The van der Waals surface area contributed by atoms with Crippen LogP contribution in [0, 0.1) is 6.92 Å². The minimum Gasteiger partial charge on any atom is -0.462 e. The van der Waals surface area contributed by atoms with Gasteiger partial charge in [0.2, 0.25) is 0 Å². The zero-order chi connectivity index (χ0) is 18.2. The highest BCUT2D eigenvalue weighted by Crippen LogP contribution is 2.34. The van der Waals surface area contributed by atoms with Crippen molar-refractivity contribution >= 4 is 28.3 Å². The second kappa shape index (κ2) is 9.22. The highest BCUT2D eigenvalue weighted by molar-refractivity contribution is 7.18. The van der Waals surface area contributed by atoms with Crippen LogP contribution >= 0.6 is 11.3 Å². The predicted octanol–water partition coefficient (Wildman–Crippen LogP) is 4.06. The van der Waals surface area contributed by atoms with Gasteiger partial charge in [-0.15, -0.1) is 11.3 Å². The van der Waals surface area contributed by atoms with Crippen LogP contribution in [0.2, 0.25) is 0 Å². The van der Waals surface area contributed by atoms with Crippen molar-refractivity contribution in [2.24, 2.45) is 0 Å². The van der Waals surface area contributed by atoms with Crippen molar-refractivity contribution in [2.75, 3.05) is 25.1 Å². The minimum absolute atomic E-state index is 0.284. The molecule has 0 saturated carbocycles. The second-order valence-corrected chi connectivity index (χ2v) is 6.38. The average Bonchev–Trinajstić information content (AvgIpc) is 2.93. The summed E-state index contributed by atoms with van der Waals surface area (Å²) >= 11 is 1.24. The Bertz CT molecular complexity index is 725. The Balaban J connectivity index is 2.20. The molecule has 0 amide bonds. The maximum absolute atomic E-state index is 12.3. The Hall–Kier alpha value is -2.34. The predicted molar refractivity (Wildman–Crippen MR) is 99.6 cm³/mol. The molecule has 0 radical (unpaired) electrons. The van der Waals surface area contributed by atoms with Gasteiger partial charge >= 0.3 is 11.9 Å². The smallest absolute Gasteiger partial charge is 0.348 e. The van der Waals surface area contributed by atoms with Crippen LogP contribution in [0.1, 0.15) is 45.0 Å². The lowest BCUT2D eigenvalue weighted by Gasteiger charge is -2.08. The summed E-state index contributed by atoms with van der Waals surface area (Å²) in [5, 5.41) is 3.92. The maximum Gasteiger partial charge on any atom is 0.348 e. The lowest BCUT2D eigenvalue weighted by molar-refractivity contribution is 0.0527. The number of hydrogen-bond acceptors (Lipinski definition) is 6. The Morgan fingerprint density at radius 1 is 1.04 bits per heavy atom. The summed E-state index contributed by atoms with van der Waals surface area (Å²) in [6.45, 7) is 6.49. The van der Waals surface area contributed by atoms with Crippen LogP contribution in [0.15, 0.2) is 30.3 Å². The summed E-state index contributed by atoms with van der Waals surface area (Å²) in [5.74, 6) is -0.833. The van der Waals surface area contributed by atoms with Gasteiger partial charge in [-0.2, -0.15) is 0 Å². The first kappa shape index (κ1) is 19.0. The summed E-state index contributed by atoms with van der Waals surface area (Å²) < 4.78 is 10.2. The fourth-order valence-corrected chi connectivity index (χ4v) is 3.56. The first-order valence-corrected chi connectivity index (χ1v) is 9.15. The van der Waals surface area contributed by atoms with Crippen molar-refractivity contribution < 1.29 is 19.1 Å². The first-order valence-electron chi connectivity index (χ1n) is 8.33. The Kier molecular flexibility index (Phi) is 7.01. The van der Waals surface area contributed by atoms with Crippen molar-refractivity contribution in [2.45, 2.75) is 27.2 Å². The number of benzene rings is 1. The van der Waals surface area contributed by atoms with Gasteiger partial charge in [0.15, 0.2) is 0 Å². The number of thiophene rings is 1. The molecular weight excluding hydrogens is 338 g/mol. The third-order valence-electron chi connectivity index (χ3n) is 3.63. The maximum atomic E-state index is 12.3. The van der Waals surface area contributed by atoms with E-state index < -0.39 is 11.9 Å². The van der Waals surface area contributed by atoms with Crippen molar-refractivity contribution in [1.29, 1.82) is 0 Å². The van der Waals surface area contributed by atoms with Crippen LogP contribution in [-0.4, -0.2) is 31.7 Å². The van der Waals surface area contributed by atoms with Crippen LogP contribution in [0.4, 0.5) is 5.00 Å². The average molecular weight is 361 g/mol. The Labute approximate surface area is 152 Å². The number of rotatable bonds is 8. The van der Waals surface area contributed by atoms with E-state index in [0.29, 0.717) is 34.2 Å². The molecule has 0 atom stereocenters. The molecule has 1 aromatic heterocycles. The van der Waals surface area contributed by atoms with Crippen LogP contribution in [-0.2, 0) is 15.9 Å². The fourth-order valence-electron chi connectivity index (χ4n) is 2.44. The highest BCUT2D eigenvalue weighted by Gasteiger charge is 2.26. The highest BCUT2D eigenvalue weighted by atomic mass is 32.1. The lowest BCUT2D eigenvalue weighted by Crippen LogP contribution is -2.11. The molecule has 0 fully saturated rings. The molecule has 0 aliphatic heterocycles. The van der Waals surface area contributed by atoms with E-state index >= 15 is 0 Å². The number of ether oxygens (including phenoxy) is 2. The summed E-state index contributed by atoms with van der Waals surface area (Å²) in [7, 11) is 0. The van der Waals surface area contributed by atoms with Crippen molar-refractivity contribution in [3.05, 3.63) is 51.9 Å². The zero-order valence-electron chi connectivity index (χ0n) is 14.8. The molecule has 134 valence electrons. The van der Waals surface area contributed by atoms with Gasteiger partial charge in [0.1, 0.15) is 9.88 Å². The molecule has 2 aromatic rings. The van der Waals surface area contributed by atoms with Crippen LogP contribution < -0.4 is 5.32 Å². The van der Waals surface area contributed by atoms with E-state index in [1.165, 1.54) is 16.9 Å². The largest absolute Gasteiger partial charge is 0.462 e. The number of anilines is 1. The number of hydrogen-bond donors (Lipinski definition) is 1. The molecule has 0 saturated heterocycles. The molecule has 6 heteroatoms. The van der Waals surface area contributed by atoms with E-state index in [2.05, 4.69) is 17.4 Å². The van der Waals surface area contributed by atoms with Gasteiger partial charge in [-0.25, -0.2) is 9.59 Å². The number of esters is 2. The van der Waals surface area contributed by atoms with E-state index in [9.17, 15) is 9.59 Å². The second-order valence-electron chi connectivity index (χ2n) is 5.36. The molecule has 5 nitrogen and oxygen atoms in total. The standard InChI is InChI=1S/C19H23NO4S/c1-4-23-18(21)15-13(3)16(19(22)24-5-2)25-17(15)20-12-11-14-9-7-6-8-10-14/h6-10,20H,4-5,11-12H2,1-3H3. The van der Waals surface area contributed by atoms with E-state index in [4.69, 9.17) is 9.47 Å². The third kappa shape index (κ3) is 4.82. The van der Waals surface area contributed by atoms with Crippen molar-refractivity contribution in [3.63, 3.8) is 0 Å². The van der Waals surface area contributed by atoms with Gasteiger partial charge in [-0.05, 0) is 38.3 Å². The molecule has 0 aliphatic rings. The van der Waals surface area contributed by atoms with Gasteiger partial charge in [-0.3, -0.25) is 0 Å². The quantitative estimate of drug-likeness (QED) is 0.718. The summed E-state index contributed by atoms with van der Waals surface area (Å²) in [6, 6.07) is 10.1. The molecule has 0 spiro atoms. The lowest BCUT2D eigenvalue weighted by atomic mass is 10.1. The molecular formula is C19H23NO4S. The number of carbonyl (C=O) groups is 2. The van der Waals surface area contributed by atoms with E-state index in [-0.39, 0.29) is 6.61 Å². The van der Waals surface area contributed by atoms with Crippen LogP contribution in [0.5, 0.6) is 0 Å². The topological polar surface area (TPSA) is 64.6 Å². The van der Waals surface area contributed by atoms with Gasteiger partial charge in [0, 0.05) is 6.54 Å². The van der Waals surface area contributed by atoms with E-state index in [1.807, 2.05) is 18.2 Å². The molecule has 1 heterocycles. The molecule has 2 rings (SSSR count). The molecule has 0 unspecified atom stereocenters. The zero-order valence-corrected chi connectivity index (χ0v) is 15.6. The first-order chi connectivity index (χ1) is 12.1. The minimum atomic E-state index is -0.422. The van der Waals surface area contributed by atoms with Gasteiger partial charge in [0.05, 0.1) is 18.8 Å². The molecule has 25 heavy (non-hydrogen) atoms. The normalized spacial score (nSPS) is 10.4. The SMILES string of the molecule is CCOC(=O)c1sc(NCCc2ccccc2)c(C(=O)OCC)c1C. The Morgan fingerprint density at radius 3 is 2.32 bits per heavy atom. The molecule has 1 aromatic carbocycles. The third-order valence-corrected chi connectivity index (χ3v) is 4.86. The fraction of sp³-hybridized carbons (Fsp3) is 0.368. The van der Waals surface area contributed by atoms with Crippen LogP contribution in [0.25, 0.3) is 0 Å². The molecule has 0 aliphatic carbocycles. The summed E-state index contributed by atoms with van der Waals surface area (Å²) in [6.07, 6.45) is 0.814. The van der Waals surface area contributed by atoms with Gasteiger partial charge in [-0.1, -0.05) is 30.3 Å². The number of carbonyl (C=O) groups excluding carboxylic acids is 2. The summed E-state index contributed by atoms with van der Waals surface area (Å²) in [5.41, 5.74) is 2.22. The van der Waals surface area contributed by atoms with Crippen molar-refractivity contribution in [3.8, 4) is 0 Å². The van der Waals surface area contributed by atoms with E-state index in [1.54, 1.807) is 20.8 Å². The monoisotopic (exact) mass is 361 g/mol. The number of nitrogens with one attached hydrogen (secondary N) is 1. The summed E-state index contributed by atoms with van der Waals surface area (Å²) in [4.78, 5) is 24.9. The molecule has 1 N–H and O–H groups in total. The molecule has 0 bridgehead atoms. The van der Waals surface area contributed by atoms with Gasteiger partial charge in [0.25, 0.3) is 0 Å². The van der Waals surface area contributed by atoms with Crippen LogP contribution in [0.3, 0.4) is 0 Å². The van der Waals surface area contributed by atoms with Gasteiger partial charge < -0.3 is 14.8 Å². The Morgan fingerprint density at radius 2 is 1.68 bits per heavy atom. The van der Waals surface area contributed by atoms with Crippen molar-refractivity contribution in [1.82, 2.24) is 0 Å².